The van der Waals surface area contributed by atoms with Crippen molar-refractivity contribution in [2.24, 2.45) is 17.8 Å². The summed E-state index contributed by atoms with van der Waals surface area (Å²) in [6.07, 6.45) is 5.77. The summed E-state index contributed by atoms with van der Waals surface area (Å²) < 4.78 is 0. The van der Waals surface area contributed by atoms with Crippen molar-refractivity contribution < 1.29 is 10.2 Å². The quantitative estimate of drug-likeness (QED) is 0.698. The van der Waals surface area contributed by atoms with E-state index in [1.54, 1.807) is 0 Å². The second kappa shape index (κ2) is 3.25. The van der Waals surface area contributed by atoms with Gasteiger partial charge < -0.3 is 10.2 Å². The molecule has 2 saturated carbocycles. The highest BCUT2D eigenvalue weighted by molar-refractivity contribution is 4.99. The molecule has 2 fully saturated rings. The Bertz CT molecular complexity index is 187. The van der Waals surface area contributed by atoms with E-state index in [1.807, 2.05) is 6.92 Å². The number of aliphatic hydroxyl groups is 2. The van der Waals surface area contributed by atoms with Crippen molar-refractivity contribution in [1.29, 1.82) is 0 Å². The summed E-state index contributed by atoms with van der Waals surface area (Å²) in [5.41, 5.74) is -0.778. The van der Waals surface area contributed by atoms with Gasteiger partial charge in [0.2, 0.25) is 0 Å². The molecular formula is C11H20O2. The summed E-state index contributed by atoms with van der Waals surface area (Å²) in [5.74, 6) is 1.92. The monoisotopic (exact) mass is 184 g/mol. The van der Waals surface area contributed by atoms with Crippen molar-refractivity contribution in [3.05, 3.63) is 0 Å². The molecule has 0 saturated heterocycles. The molecule has 4 atom stereocenters. The average molecular weight is 184 g/mol. The minimum absolute atomic E-state index is 0.0581. The number of hydrogen-bond acceptors (Lipinski definition) is 2. The molecule has 2 N–H and O–H groups in total. The SMILES string of the molecule is CCC(O)(CO)C1CC2CCC1C2. The fourth-order valence-corrected chi connectivity index (χ4v) is 3.39. The maximum absolute atomic E-state index is 10.2. The Hall–Kier alpha value is -0.0800. The van der Waals surface area contributed by atoms with Crippen molar-refractivity contribution in [3.8, 4) is 0 Å². The Morgan fingerprint density at radius 3 is 2.46 bits per heavy atom. The van der Waals surface area contributed by atoms with Gasteiger partial charge in [-0.2, -0.15) is 0 Å². The van der Waals surface area contributed by atoms with Crippen molar-refractivity contribution in [1.82, 2.24) is 0 Å². The molecule has 0 aliphatic heterocycles. The van der Waals surface area contributed by atoms with Crippen LogP contribution < -0.4 is 0 Å². The zero-order valence-electron chi connectivity index (χ0n) is 8.37. The third-order valence-electron chi connectivity index (χ3n) is 4.31. The highest BCUT2D eigenvalue weighted by atomic mass is 16.3. The first kappa shape index (κ1) is 9.47. The molecule has 0 spiro atoms. The molecule has 2 aliphatic carbocycles. The topological polar surface area (TPSA) is 40.5 Å². The van der Waals surface area contributed by atoms with Crippen LogP contribution in [0.4, 0.5) is 0 Å². The second-order valence-electron chi connectivity index (χ2n) is 4.90. The first-order valence-electron chi connectivity index (χ1n) is 5.53. The third-order valence-corrected chi connectivity index (χ3v) is 4.31. The molecule has 0 aromatic carbocycles. The number of aliphatic hydroxyl groups excluding tert-OH is 1. The van der Waals surface area contributed by atoms with E-state index < -0.39 is 5.60 Å². The molecule has 0 aromatic rings. The van der Waals surface area contributed by atoms with Gasteiger partial charge >= 0.3 is 0 Å². The molecule has 2 aliphatic rings. The molecule has 0 heterocycles. The molecule has 2 heteroatoms. The molecular weight excluding hydrogens is 164 g/mol. The fraction of sp³-hybridized carbons (Fsp3) is 1.00. The molecule has 2 nitrogen and oxygen atoms in total. The largest absolute Gasteiger partial charge is 0.393 e. The Morgan fingerprint density at radius 1 is 1.31 bits per heavy atom. The second-order valence-corrected chi connectivity index (χ2v) is 4.90. The van der Waals surface area contributed by atoms with Crippen LogP contribution in [-0.2, 0) is 0 Å². The molecule has 13 heavy (non-hydrogen) atoms. The maximum Gasteiger partial charge on any atom is 0.0905 e. The molecule has 0 radical (unpaired) electrons. The van der Waals surface area contributed by atoms with E-state index in [4.69, 9.17) is 0 Å². The van der Waals surface area contributed by atoms with Crippen LogP contribution in [-0.4, -0.2) is 22.4 Å². The summed E-state index contributed by atoms with van der Waals surface area (Å²) in [5, 5.41) is 19.4. The molecule has 2 bridgehead atoms. The van der Waals surface area contributed by atoms with Crippen LogP contribution in [0.1, 0.15) is 39.0 Å². The number of hydrogen-bond donors (Lipinski definition) is 2. The number of rotatable bonds is 3. The van der Waals surface area contributed by atoms with E-state index in [9.17, 15) is 10.2 Å². The van der Waals surface area contributed by atoms with Gasteiger partial charge in [0, 0.05) is 0 Å². The van der Waals surface area contributed by atoms with E-state index in [0.717, 1.165) is 12.3 Å². The number of fused-ring (bicyclic) bond motifs is 2. The molecule has 0 amide bonds. The molecule has 4 unspecified atom stereocenters. The van der Waals surface area contributed by atoms with E-state index in [2.05, 4.69) is 0 Å². The van der Waals surface area contributed by atoms with Crippen LogP contribution in [0.2, 0.25) is 0 Å². The lowest BCUT2D eigenvalue weighted by atomic mass is 9.75. The van der Waals surface area contributed by atoms with Gasteiger partial charge in [-0.1, -0.05) is 13.3 Å². The van der Waals surface area contributed by atoms with Crippen molar-refractivity contribution in [3.63, 3.8) is 0 Å². The Kier molecular flexibility index (Phi) is 2.37. The lowest BCUT2D eigenvalue weighted by molar-refractivity contribution is -0.0812. The van der Waals surface area contributed by atoms with Gasteiger partial charge in [0.15, 0.2) is 0 Å². The predicted molar refractivity (Wildman–Crippen MR) is 51.3 cm³/mol. The molecule has 76 valence electrons. The minimum Gasteiger partial charge on any atom is -0.393 e. The predicted octanol–water partition coefficient (Wildman–Crippen LogP) is 1.56. The van der Waals surface area contributed by atoms with Crippen LogP contribution in [0.15, 0.2) is 0 Å². The van der Waals surface area contributed by atoms with Gasteiger partial charge in [0.05, 0.1) is 12.2 Å². The van der Waals surface area contributed by atoms with E-state index >= 15 is 0 Å². The van der Waals surface area contributed by atoms with E-state index in [0.29, 0.717) is 18.3 Å². The minimum atomic E-state index is -0.778. The summed E-state index contributed by atoms with van der Waals surface area (Å²) in [6, 6.07) is 0. The van der Waals surface area contributed by atoms with Crippen LogP contribution in [0.3, 0.4) is 0 Å². The van der Waals surface area contributed by atoms with Crippen LogP contribution in [0, 0.1) is 17.8 Å². The molecule has 2 rings (SSSR count). The highest BCUT2D eigenvalue weighted by Crippen LogP contribution is 2.52. The van der Waals surface area contributed by atoms with Gasteiger partial charge in [0.25, 0.3) is 0 Å². The maximum atomic E-state index is 10.2. The zero-order valence-corrected chi connectivity index (χ0v) is 8.37. The van der Waals surface area contributed by atoms with Crippen LogP contribution >= 0.6 is 0 Å². The zero-order chi connectivity index (χ0) is 9.47. The van der Waals surface area contributed by atoms with Gasteiger partial charge in [0.1, 0.15) is 0 Å². The van der Waals surface area contributed by atoms with Crippen molar-refractivity contribution in [2.75, 3.05) is 6.61 Å². The third kappa shape index (κ3) is 1.40. The summed E-state index contributed by atoms with van der Waals surface area (Å²) in [4.78, 5) is 0. The standard InChI is InChI=1S/C11H20O2/c1-2-11(13,7-12)10-6-8-3-4-9(10)5-8/h8-10,12-13H,2-7H2,1H3. The van der Waals surface area contributed by atoms with Gasteiger partial charge in [-0.25, -0.2) is 0 Å². The van der Waals surface area contributed by atoms with Crippen LogP contribution in [0.25, 0.3) is 0 Å². The fourth-order valence-electron chi connectivity index (χ4n) is 3.39. The summed E-state index contributed by atoms with van der Waals surface area (Å²) in [6.45, 7) is 1.92. The Labute approximate surface area is 80.0 Å². The normalized spacial score (nSPS) is 42.2. The first-order chi connectivity index (χ1) is 6.19. The van der Waals surface area contributed by atoms with Gasteiger partial charge in [-0.3, -0.25) is 0 Å². The van der Waals surface area contributed by atoms with Gasteiger partial charge in [-0.05, 0) is 43.4 Å². The van der Waals surface area contributed by atoms with Crippen molar-refractivity contribution >= 4 is 0 Å². The first-order valence-corrected chi connectivity index (χ1v) is 5.53. The van der Waals surface area contributed by atoms with Crippen LogP contribution in [0.5, 0.6) is 0 Å². The Balaban J connectivity index is 2.08. The lowest BCUT2D eigenvalue weighted by Gasteiger charge is -2.36. The summed E-state index contributed by atoms with van der Waals surface area (Å²) in [7, 11) is 0. The summed E-state index contributed by atoms with van der Waals surface area (Å²) >= 11 is 0. The van der Waals surface area contributed by atoms with Gasteiger partial charge in [-0.15, -0.1) is 0 Å². The van der Waals surface area contributed by atoms with E-state index in [1.165, 1.54) is 19.3 Å². The smallest absolute Gasteiger partial charge is 0.0905 e. The lowest BCUT2D eigenvalue weighted by Crippen LogP contribution is -2.43. The Morgan fingerprint density at radius 2 is 2.08 bits per heavy atom. The van der Waals surface area contributed by atoms with Crippen molar-refractivity contribution in [2.45, 2.75) is 44.6 Å². The average Bonchev–Trinajstić information content (AvgIpc) is 2.77. The van der Waals surface area contributed by atoms with E-state index in [-0.39, 0.29) is 6.61 Å². The highest BCUT2D eigenvalue weighted by Gasteiger charge is 2.48. The molecule has 0 aromatic heterocycles.